The molecule has 0 saturated heterocycles. The van der Waals surface area contributed by atoms with Gasteiger partial charge in [0.2, 0.25) is 12.0 Å². The molecule has 0 saturated carbocycles. The Morgan fingerprint density at radius 1 is 1.47 bits per heavy atom. The van der Waals surface area contributed by atoms with Crippen LogP contribution < -0.4 is 5.32 Å². The zero-order chi connectivity index (χ0) is 12.3. The summed E-state index contributed by atoms with van der Waals surface area (Å²) in [6.07, 6.45) is 3.19. The highest BCUT2D eigenvalue weighted by Crippen LogP contribution is 2.27. The first-order chi connectivity index (χ1) is 8.26. The van der Waals surface area contributed by atoms with Crippen LogP contribution in [0.2, 0.25) is 0 Å². The first-order valence-corrected chi connectivity index (χ1v) is 5.12. The van der Waals surface area contributed by atoms with Crippen molar-refractivity contribution in [3.8, 4) is 0 Å². The minimum absolute atomic E-state index is 0.104. The minimum atomic E-state index is -0.104. The SMILES string of the molecule is CNC(=O)Cn1cc(N=C=O)c2ccccc21. The maximum atomic E-state index is 11.4. The van der Waals surface area contributed by atoms with Crippen LogP contribution in [0.1, 0.15) is 0 Å². The van der Waals surface area contributed by atoms with Crippen molar-refractivity contribution < 1.29 is 9.59 Å². The molecular formula is C12H11N3O2. The average molecular weight is 229 g/mol. The summed E-state index contributed by atoms with van der Waals surface area (Å²) in [5.41, 5.74) is 1.39. The molecule has 0 bridgehead atoms. The number of aromatic nitrogens is 1. The second-order valence-corrected chi connectivity index (χ2v) is 3.54. The lowest BCUT2D eigenvalue weighted by Gasteiger charge is -2.02. The molecule has 0 radical (unpaired) electrons. The second kappa shape index (κ2) is 4.63. The highest BCUT2D eigenvalue weighted by Gasteiger charge is 2.09. The molecule has 5 nitrogen and oxygen atoms in total. The second-order valence-electron chi connectivity index (χ2n) is 3.54. The number of aliphatic imine (C=N–C) groups is 1. The first kappa shape index (κ1) is 11.1. The number of carbonyl (C=O) groups is 1. The molecule has 86 valence electrons. The van der Waals surface area contributed by atoms with Crippen molar-refractivity contribution in [2.24, 2.45) is 4.99 Å². The molecule has 5 heteroatoms. The van der Waals surface area contributed by atoms with E-state index >= 15 is 0 Å². The van der Waals surface area contributed by atoms with Gasteiger partial charge in [0.15, 0.2) is 0 Å². The van der Waals surface area contributed by atoms with Gasteiger partial charge in [-0.2, -0.15) is 4.99 Å². The van der Waals surface area contributed by atoms with Gasteiger partial charge in [-0.15, -0.1) is 0 Å². The Kier molecular flexibility index (Phi) is 3.03. The number of likely N-dealkylation sites (N-methyl/N-ethyl adjacent to an activating group) is 1. The zero-order valence-electron chi connectivity index (χ0n) is 9.30. The summed E-state index contributed by atoms with van der Waals surface area (Å²) < 4.78 is 1.75. The Bertz CT molecular complexity index is 609. The highest BCUT2D eigenvalue weighted by atomic mass is 16.1. The fourth-order valence-corrected chi connectivity index (χ4v) is 1.73. The summed E-state index contributed by atoms with van der Waals surface area (Å²) in [6.45, 7) is 0.200. The lowest BCUT2D eigenvalue weighted by Crippen LogP contribution is -2.22. The summed E-state index contributed by atoms with van der Waals surface area (Å²) in [5, 5.41) is 3.38. The number of isocyanates is 1. The molecule has 17 heavy (non-hydrogen) atoms. The van der Waals surface area contributed by atoms with Crippen LogP contribution in [-0.2, 0) is 16.1 Å². The van der Waals surface area contributed by atoms with E-state index in [2.05, 4.69) is 10.3 Å². The Morgan fingerprint density at radius 3 is 2.94 bits per heavy atom. The third-order valence-electron chi connectivity index (χ3n) is 2.53. The van der Waals surface area contributed by atoms with Crippen molar-refractivity contribution in [2.75, 3.05) is 7.05 Å². The Hall–Kier alpha value is -2.39. The van der Waals surface area contributed by atoms with E-state index < -0.39 is 0 Å². The number of rotatable bonds is 3. The van der Waals surface area contributed by atoms with Crippen molar-refractivity contribution in [3.05, 3.63) is 30.5 Å². The highest BCUT2D eigenvalue weighted by molar-refractivity contribution is 5.93. The molecule has 1 N–H and O–H groups in total. The summed E-state index contributed by atoms with van der Waals surface area (Å²) in [6, 6.07) is 7.46. The number of nitrogens with one attached hydrogen (secondary N) is 1. The third kappa shape index (κ3) is 2.09. The molecule has 0 aliphatic heterocycles. The lowest BCUT2D eigenvalue weighted by molar-refractivity contribution is -0.121. The van der Waals surface area contributed by atoms with E-state index in [9.17, 15) is 9.59 Å². The van der Waals surface area contributed by atoms with Crippen LogP contribution in [0.4, 0.5) is 5.69 Å². The number of carbonyl (C=O) groups excluding carboxylic acids is 2. The monoisotopic (exact) mass is 229 g/mol. The minimum Gasteiger partial charge on any atom is -0.358 e. The molecule has 1 aromatic carbocycles. The number of benzene rings is 1. The molecule has 0 unspecified atom stereocenters. The smallest absolute Gasteiger partial charge is 0.240 e. The summed E-state index contributed by atoms with van der Waals surface area (Å²) in [5.74, 6) is -0.104. The van der Waals surface area contributed by atoms with Gasteiger partial charge in [-0.25, -0.2) is 4.79 Å². The van der Waals surface area contributed by atoms with Gasteiger partial charge in [-0.05, 0) is 6.07 Å². The largest absolute Gasteiger partial charge is 0.358 e. The van der Waals surface area contributed by atoms with Crippen LogP contribution in [0.15, 0.2) is 35.5 Å². The van der Waals surface area contributed by atoms with Gasteiger partial charge in [-0.3, -0.25) is 4.79 Å². The molecule has 1 amide bonds. The van der Waals surface area contributed by atoms with E-state index in [1.54, 1.807) is 17.8 Å². The van der Waals surface area contributed by atoms with Gasteiger partial charge in [0, 0.05) is 18.6 Å². The normalized spacial score (nSPS) is 9.94. The van der Waals surface area contributed by atoms with E-state index in [1.165, 1.54) is 6.08 Å². The van der Waals surface area contributed by atoms with Gasteiger partial charge < -0.3 is 9.88 Å². The average Bonchev–Trinajstić information content (AvgIpc) is 2.69. The number of hydrogen-bond acceptors (Lipinski definition) is 3. The van der Waals surface area contributed by atoms with Crippen LogP contribution in [0.25, 0.3) is 10.9 Å². The van der Waals surface area contributed by atoms with Crippen molar-refractivity contribution in [3.63, 3.8) is 0 Å². The van der Waals surface area contributed by atoms with Gasteiger partial charge >= 0.3 is 0 Å². The fourth-order valence-electron chi connectivity index (χ4n) is 1.73. The first-order valence-electron chi connectivity index (χ1n) is 5.12. The van der Waals surface area contributed by atoms with Gasteiger partial charge in [0.1, 0.15) is 12.2 Å². The maximum Gasteiger partial charge on any atom is 0.240 e. The zero-order valence-corrected chi connectivity index (χ0v) is 9.30. The van der Waals surface area contributed by atoms with E-state index in [1.807, 2.05) is 24.3 Å². The van der Waals surface area contributed by atoms with Crippen LogP contribution in [0, 0.1) is 0 Å². The number of nitrogens with zero attached hydrogens (tertiary/aromatic N) is 2. The molecule has 2 aromatic rings. The quantitative estimate of drug-likeness (QED) is 0.638. The Balaban J connectivity index is 2.56. The van der Waals surface area contributed by atoms with Crippen LogP contribution in [-0.4, -0.2) is 23.6 Å². The van der Waals surface area contributed by atoms with Crippen molar-refractivity contribution in [1.82, 2.24) is 9.88 Å². The van der Waals surface area contributed by atoms with E-state index in [4.69, 9.17) is 0 Å². The molecule has 0 aliphatic rings. The molecule has 0 atom stereocenters. The molecule has 0 fully saturated rings. The number of hydrogen-bond donors (Lipinski definition) is 1. The molecule has 1 aromatic heterocycles. The van der Waals surface area contributed by atoms with E-state index in [0.29, 0.717) is 5.69 Å². The molecular weight excluding hydrogens is 218 g/mol. The number of para-hydroxylation sites is 1. The summed E-state index contributed by atoms with van der Waals surface area (Å²) >= 11 is 0. The number of amides is 1. The predicted octanol–water partition coefficient (Wildman–Crippen LogP) is 1.35. The number of fused-ring (bicyclic) bond motifs is 1. The van der Waals surface area contributed by atoms with E-state index in [-0.39, 0.29) is 12.5 Å². The van der Waals surface area contributed by atoms with Gasteiger partial charge in [-0.1, -0.05) is 18.2 Å². The van der Waals surface area contributed by atoms with Crippen LogP contribution in [0.3, 0.4) is 0 Å². The molecule has 0 aliphatic carbocycles. The summed E-state index contributed by atoms with van der Waals surface area (Å²) in [4.78, 5) is 25.3. The Labute approximate surface area is 97.8 Å². The van der Waals surface area contributed by atoms with Gasteiger partial charge in [0.25, 0.3) is 0 Å². The predicted molar refractivity (Wildman–Crippen MR) is 63.8 cm³/mol. The topological polar surface area (TPSA) is 63.5 Å². The van der Waals surface area contributed by atoms with E-state index in [0.717, 1.165) is 10.9 Å². The molecule has 0 spiro atoms. The van der Waals surface area contributed by atoms with Crippen LogP contribution >= 0.6 is 0 Å². The van der Waals surface area contributed by atoms with Crippen molar-refractivity contribution >= 4 is 28.6 Å². The Morgan fingerprint density at radius 2 is 2.24 bits per heavy atom. The third-order valence-corrected chi connectivity index (χ3v) is 2.53. The fraction of sp³-hybridized carbons (Fsp3) is 0.167. The lowest BCUT2D eigenvalue weighted by atomic mass is 10.2. The van der Waals surface area contributed by atoms with Crippen molar-refractivity contribution in [1.29, 1.82) is 0 Å². The maximum absolute atomic E-state index is 11.4. The van der Waals surface area contributed by atoms with Crippen molar-refractivity contribution in [2.45, 2.75) is 6.54 Å². The van der Waals surface area contributed by atoms with Crippen LogP contribution in [0.5, 0.6) is 0 Å². The standard InChI is InChI=1S/C12H11N3O2/c1-13-12(17)7-15-6-10(14-8-16)9-4-2-3-5-11(9)15/h2-6H,7H2,1H3,(H,13,17). The summed E-state index contributed by atoms with van der Waals surface area (Å²) in [7, 11) is 1.58. The molecule has 2 rings (SSSR count). The molecule has 1 heterocycles. The van der Waals surface area contributed by atoms with Gasteiger partial charge in [0.05, 0.1) is 5.52 Å².